The molecule has 1 saturated carbocycles. The molecule has 0 saturated heterocycles. The number of amides is 2. The van der Waals surface area contributed by atoms with Gasteiger partial charge in [-0.05, 0) is 64.9 Å². The number of ether oxygens (including phenoxy) is 1. The average Bonchev–Trinajstić information content (AvgIpc) is 3.48. The third-order valence-electron chi connectivity index (χ3n) is 6.36. The maximum Gasteiger partial charge on any atom is 0.228 e. The van der Waals surface area contributed by atoms with E-state index in [1.54, 1.807) is 43.5 Å². The van der Waals surface area contributed by atoms with Crippen LogP contribution in [0.5, 0.6) is 5.75 Å². The van der Waals surface area contributed by atoms with Crippen LogP contribution in [0, 0.1) is 11.3 Å². The Labute approximate surface area is 200 Å². The van der Waals surface area contributed by atoms with E-state index in [-0.39, 0.29) is 29.6 Å². The summed E-state index contributed by atoms with van der Waals surface area (Å²) < 4.78 is 5.13. The number of hydrogen-bond acceptors (Lipinski definition) is 4. The highest BCUT2D eigenvalue weighted by atomic mass is 16.5. The summed E-state index contributed by atoms with van der Waals surface area (Å²) in [7, 11) is 1.60. The Bertz CT molecular complexity index is 1150. The van der Waals surface area contributed by atoms with Gasteiger partial charge in [0.2, 0.25) is 11.8 Å². The second kappa shape index (κ2) is 9.69. The van der Waals surface area contributed by atoms with Gasteiger partial charge in [-0.3, -0.25) is 9.59 Å². The Morgan fingerprint density at radius 3 is 1.88 bits per heavy atom. The molecule has 0 aliphatic heterocycles. The molecule has 3 aromatic carbocycles. The van der Waals surface area contributed by atoms with Gasteiger partial charge < -0.3 is 20.5 Å². The van der Waals surface area contributed by atoms with Gasteiger partial charge >= 0.3 is 0 Å². The fourth-order valence-corrected chi connectivity index (χ4v) is 3.97. The summed E-state index contributed by atoms with van der Waals surface area (Å²) in [5.41, 5.74) is 3.80. The molecule has 3 N–H and O–H groups in total. The van der Waals surface area contributed by atoms with Gasteiger partial charge in [-0.15, -0.1) is 0 Å². The lowest BCUT2D eigenvalue weighted by molar-refractivity contribution is -0.118. The molecule has 0 heterocycles. The molecule has 1 aliphatic carbocycles. The molecule has 34 heavy (non-hydrogen) atoms. The monoisotopic (exact) mass is 458 g/mol. The second-order valence-corrected chi connectivity index (χ2v) is 9.45. The number of aliphatic hydroxyl groups is 1. The van der Waals surface area contributed by atoms with Crippen molar-refractivity contribution in [3.63, 3.8) is 0 Å². The Balaban J connectivity index is 1.32. The molecule has 3 aromatic rings. The summed E-state index contributed by atoms with van der Waals surface area (Å²) in [5.74, 6) is 0.738. The van der Waals surface area contributed by atoms with Crippen molar-refractivity contribution < 1.29 is 19.4 Å². The first kappa shape index (κ1) is 23.5. The zero-order chi connectivity index (χ0) is 24.3. The Kier molecular flexibility index (Phi) is 6.70. The first-order valence-electron chi connectivity index (χ1n) is 11.4. The molecule has 2 unspecified atom stereocenters. The maximum absolute atomic E-state index is 12.3. The van der Waals surface area contributed by atoms with Crippen molar-refractivity contribution in [1.82, 2.24) is 0 Å². The highest BCUT2D eigenvalue weighted by molar-refractivity contribution is 5.95. The largest absolute Gasteiger partial charge is 0.497 e. The highest BCUT2D eigenvalue weighted by Gasteiger charge is 2.50. The number of carbonyl (C=O) groups excluding carboxylic acids is 2. The fraction of sp³-hybridized carbons (Fsp3) is 0.286. The highest BCUT2D eigenvalue weighted by Crippen LogP contribution is 2.52. The number of carbonyl (C=O) groups is 2. The van der Waals surface area contributed by atoms with Crippen LogP contribution in [0.25, 0.3) is 0 Å². The summed E-state index contributed by atoms with van der Waals surface area (Å²) in [4.78, 5) is 24.6. The van der Waals surface area contributed by atoms with E-state index in [0.29, 0.717) is 11.3 Å². The molecule has 1 fully saturated rings. The number of nitrogens with one attached hydrogen (secondary N) is 2. The molecule has 176 valence electrons. The number of aliphatic hydroxyl groups excluding tert-OH is 1. The molecular formula is C28H30N2O4. The lowest BCUT2D eigenvalue weighted by Crippen LogP contribution is -2.16. The predicted octanol–water partition coefficient (Wildman–Crippen LogP) is 4.94. The number of anilines is 2. The molecule has 0 radical (unpaired) electrons. The lowest BCUT2D eigenvalue weighted by atomic mass is 10.0. The van der Waals surface area contributed by atoms with Crippen molar-refractivity contribution in [2.75, 3.05) is 17.7 Å². The molecule has 6 heteroatoms. The zero-order valence-electron chi connectivity index (χ0n) is 19.7. The molecule has 2 atom stereocenters. The molecular weight excluding hydrogens is 428 g/mol. The van der Waals surface area contributed by atoms with E-state index in [1.807, 2.05) is 36.4 Å². The van der Waals surface area contributed by atoms with Crippen LogP contribution in [0.2, 0.25) is 0 Å². The number of methoxy groups -OCH3 is 1. The SMILES string of the molecule is COc1ccc(CC(=O)Nc2ccc(C(O)c3ccc(NC(=O)C4CC4(C)C)cc3)cc2)cc1. The third-order valence-corrected chi connectivity index (χ3v) is 6.36. The number of hydrogen-bond donors (Lipinski definition) is 3. The summed E-state index contributed by atoms with van der Waals surface area (Å²) in [6.45, 7) is 4.18. The number of rotatable bonds is 8. The average molecular weight is 459 g/mol. The zero-order valence-corrected chi connectivity index (χ0v) is 19.7. The Morgan fingerprint density at radius 1 is 0.912 bits per heavy atom. The van der Waals surface area contributed by atoms with E-state index in [9.17, 15) is 14.7 Å². The van der Waals surface area contributed by atoms with Crippen LogP contribution in [0.4, 0.5) is 11.4 Å². The summed E-state index contributed by atoms with van der Waals surface area (Å²) in [5, 5.41) is 16.6. The van der Waals surface area contributed by atoms with Crippen molar-refractivity contribution in [3.05, 3.63) is 89.5 Å². The van der Waals surface area contributed by atoms with E-state index in [0.717, 1.165) is 29.0 Å². The van der Waals surface area contributed by atoms with Crippen molar-refractivity contribution >= 4 is 23.2 Å². The first-order chi connectivity index (χ1) is 16.2. The van der Waals surface area contributed by atoms with E-state index in [2.05, 4.69) is 24.5 Å². The normalized spacial score (nSPS) is 16.9. The van der Waals surface area contributed by atoms with Crippen LogP contribution in [-0.2, 0) is 16.0 Å². The first-order valence-corrected chi connectivity index (χ1v) is 11.4. The van der Waals surface area contributed by atoms with Crippen molar-refractivity contribution in [3.8, 4) is 5.75 Å². The molecule has 0 spiro atoms. The van der Waals surface area contributed by atoms with Crippen LogP contribution in [0.3, 0.4) is 0 Å². The predicted molar refractivity (Wildman–Crippen MR) is 133 cm³/mol. The molecule has 1 aliphatic rings. The number of benzene rings is 3. The molecule has 6 nitrogen and oxygen atoms in total. The second-order valence-electron chi connectivity index (χ2n) is 9.45. The Morgan fingerprint density at radius 2 is 1.41 bits per heavy atom. The quantitative estimate of drug-likeness (QED) is 0.446. The summed E-state index contributed by atoms with van der Waals surface area (Å²) >= 11 is 0. The minimum atomic E-state index is -0.809. The van der Waals surface area contributed by atoms with Crippen LogP contribution in [0.1, 0.15) is 43.1 Å². The summed E-state index contributed by atoms with van der Waals surface area (Å²) in [6.07, 6.45) is 0.361. The minimum Gasteiger partial charge on any atom is -0.497 e. The molecule has 2 amide bonds. The van der Waals surface area contributed by atoms with Gasteiger partial charge in [0.05, 0.1) is 13.5 Å². The van der Waals surface area contributed by atoms with Gasteiger partial charge in [0.25, 0.3) is 0 Å². The van der Waals surface area contributed by atoms with E-state index in [1.165, 1.54) is 0 Å². The van der Waals surface area contributed by atoms with Crippen LogP contribution in [0.15, 0.2) is 72.8 Å². The Hall–Kier alpha value is -3.64. The van der Waals surface area contributed by atoms with E-state index < -0.39 is 6.10 Å². The standard InChI is InChI=1S/C28H30N2O4/c1-28(2)17-24(28)27(33)30-22-12-8-20(9-13-22)26(32)19-6-10-21(11-7-19)29-25(31)16-18-4-14-23(34-3)15-5-18/h4-15,24,26,32H,16-17H2,1-3H3,(H,29,31)(H,30,33). The topological polar surface area (TPSA) is 87.7 Å². The third kappa shape index (κ3) is 5.64. The van der Waals surface area contributed by atoms with Crippen molar-refractivity contribution in [2.24, 2.45) is 11.3 Å². The smallest absolute Gasteiger partial charge is 0.228 e. The van der Waals surface area contributed by atoms with Crippen molar-refractivity contribution in [2.45, 2.75) is 32.8 Å². The fourth-order valence-electron chi connectivity index (χ4n) is 3.97. The lowest BCUT2D eigenvalue weighted by Gasteiger charge is -2.14. The molecule has 4 rings (SSSR count). The van der Waals surface area contributed by atoms with Crippen LogP contribution < -0.4 is 15.4 Å². The van der Waals surface area contributed by atoms with Gasteiger partial charge in [0.1, 0.15) is 11.9 Å². The molecule has 0 aromatic heterocycles. The van der Waals surface area contributed by atoms with E-state index >= 15 is 0 Å². The van der Waals surface area contributed by atoms with Gasteiger partial charge in [0, 0.05) is 17.3 Å². The summed E-state index contributed by atoms with van der Waals surface area (Å²) in [6, 6.07) is 21.7. The van der Waals surface area contributed by atoms with Crippen LogP contribution >= 0.6 is 0 Å². The van der Waals surface area contributed by atoms with Gasteiger partial charge in [-0.1, -0.05) is 50.2 Å². The van der Waals surface area contributed by atoms with Gasteiger partial charge in [0.15, 0.2) is 0 Å². The molecule has 0 bridgehead atoms. The van der Waals surface area contributed by atoms with Crippen molar-refractivity contribution in [1.29, 1.82) is 0 Å². The minimum absolute atomic E-state index is 0.0444. The maximum atomic E-state index is 12.3. The van der Waals surface area contributed by atoms with Crippen LogP contribution in [-0.4, -0.2) is 24.0 Å². The van der Waals surface area contributed by atoms with Gasteiger partial charge in [-0.2, -0.15) is 0 Å². The van der Waals surface area contributed by atoms with E-state index in [4.69, 9.17) is 4.74 Å². The van der Waals surface area contributed by atoms with Gasteiger partial charge in [-0.25, -0.2) is 0 Å².